The van der Waals surface area contributed by atoms with Crippen molar-refractivity contribution >= 4 is 17.0 Å². The summed E-state index contributed by atoms with van der Waals surface area (Å²) in [4.78, 5) is 8.95. The highest BCUT2D eigenvalue weighted by Crippen LogP contribution is 2.16. The summed E-state index contributed by atoms with van der Waals surface area (Å²) in [5.74, 6) is 0.793. The van der Waals surface area contributed by atoms with Crippen molar-refractivity contribution in [2.45, 2.75) is 13.3 Å². The topological polar surface area (TPSA) is 55.6 Å². The first kappa shape index (κ1) is 11.6. The number of hydrogen-bond acceptors (Lipinski definition) is 4. The SMILES string of the molecule is CCCNc1cnc2c(cnn2-c2ccccc2)n1. The van der Waals surface area contributed by atoms with Crippen molar-refractivity contribution in [3.05, 3.63) is 42.7 Å². The molecular formula is C14H15N5. The van der Waals surface area contributed by atoms with Crippen LogP contribution in [0.4, 0.5) is 5.82 Å². The van der Waals surface area contributed by atoms with E-state index in [1.165, 1.54) is 0 Å². The van der Waals surface area contributed by atoms with Crippen LogP contribution >= 0.6 is 0 Å². The molecule has 3 rings (SSSR count). The Labute approximate surface area is 111 Å². The van der Waals surface area contributed by atoms with E-state index in [0.717, 1.165) is 35.6 Å². The molecule has 0 unspecified atom stereocenters. The van der Waals surface area contributed by atoms with Gasteiger partial charge >= 0.3 is 0 Å². The summed E-state index contributed by atoms with van der Waals surface area (Å²) in [5.41, 5.74) is 2.55. The predicted octanol–water partition coefficient (Wildman–Crippen LogP) is 2.64. The van der Waals surface area contributed by atoms with Crippen LogP contribution in [0.25, 0.3) is 16.9 Å². The fourth-order valence-corrected chi connectivity index (χ4v) is 1.91. The maximum atomic E-state index is 4.50. The zero-order chi connectivity index (χ0) is 13.1. The smallest absolute Gasteiger partial charge is 0.181 e. The Balaban J connectivity index is 2.00. The van der Waals surface area contributed by atoms with Gasteiger partial charge < -0.3 is 5.32 Å². The summed E-state index contributed by atoms with van der Waals surface area (Å²) in [6.07, 6.45) is 4.55. The number of aromatic nitrogens is 4. The number of nitrogens with zero attached hydrogens (tertiary/aromatic N) is 4. The minimum atomic E-state index is 0.772. The highest BCUT2D eigenvalue weighted by molar-refractivity contribution is 5.73. The van der Waals surface area contributed by atoms with Gasteiger partial charge in [-0.05, 0) is 18.6 Å². The average molecular weight is 253 g/mol. The Hall–Kier alpha value is -2.43. The highest BCUT2D eigenvalue weighted by Gasteiger charge is 2.07. The summed E-state index contributed by atoms with van der Waals surface area (Å²) in [6, 6.07) is 9.93. The van der Waals surface area contributed by atoms with Gasteiger partial charge in [-0.1, -0.05) is 25.1 Å². The molecule has 5 nitrogen and oxygen atoms in total. The first-order chi connectivity index (χ1) is 9.38. The molecule has 0 atom stereocenters. The van der Waals surface area contributed by atoms with Crippen molar-refractivity contribution in [3.8, 4) is 5.69 Å². The molecule has 1 aromatic carbocycles. The van der Waals surface area contributed by atoms with E-state index in [2.05, 4.69) is 27.3 Å². The number of nitrogens with one attached hydrogen (secondary N) is 1. The summed E-state index contributed by atoms with van der Waals surface area (Å²) in [7, 11) is 0. The zero-order valence-electron chi connectivity index (χ0n) is 10.7. The van der Waals surface area contributed by atoms with Crippen molar-refractivity contribution in [2.75, 3.05) is 11.9 Å². The van der Waals surface area contributed by atoms with E-state index in [4.69, 9.17) is 0 Å². The lowest BCUT2D eigenvalue weighted by Gasteiger charge is -2.04. The molecule has 0 amide bonds. The third-order valence-electron chi connectivity index (χ3n) is 2.83. The molecule has 0 saturated carbocycles. The molecule has 5 heteroatoms. The van der Waals surface area contributed by atoms with Gasteiger partial charge in [0, 0.05) is 6.54 Å². The average Bonchev–Trinajstić information content (AvgIpc) is 2.89. The Morgan fingerprint density at radius 1 is 1.16 bits per heavy atom. The maximum Gasteiger partial charge on any atom is 0.181 e. The summed E-state index contributed by atoms with van der Waals surface area (Å²) >= 11 is 0. The maximum absolute atomic E-state index is 4.50. The van der Waals surface area contributed by atoms with Gasteiger partial charge in [-0.15, -0.1) is 0 Å². The number of fused-ring (bicyclic) bond motifs is 1. The Morgan fingerprint density at radius 3 is 2.79 bits per heavy atom. The van der Waals surface area contributed by atoms with Gasteiger partial charge in [0.05, 0.1) is 18.1 Å². The van der Waals surface area contributed by atoms with Crippen LogP contribution < -0.4 is 5.32 Å². The third-order valence-corrected chi connectivity index (χ3v) is 2.83. The van der Waals surface area contributed by atoms with E-state index < -0.39 is 0 Å². The van der Waals surface area contributed by atoms with Crippen LogP contribution in [0.3, 0.4) is 0 Å². The second-order valence-electron chi connectivity index (χ2n) is 4.28. The van der Waals surface area contributed by atoms with E-state index in [9.17, 15) is 0 Å². The standard InChI is InChI=1S/C14H15N5/c1-2-8-15-13-10-16-14-12(18-13)9-17-19(14)11-6-4-3-5-7-11/h3-7,9-10H,2,8H2,1H3,(H,15,18). The molecule has 19 heavy (non-hydrogen) atoms. The summed E-state index contributed by atoms with van der Waals surface area (Å²) in [6.45, 7) is 3.01. The summed E-state index contributed by atoms with van der Waals surface area (Å²) in [5, 5.41) is 7.58. The fraction of sp³-hybridized carbons (Fsp3) is 0.214. The Bertz CT molecular complexity index is 675. The molecule has 96 valence electrons. The van der Waals surface area contributed by atoms with Gasteiger partial charge in [0.2, 0.25) is 0 Å². The molecule has 1 N–H and O–H groups in total. The normalized spacial score (nSPS) is 10.8. The van der Waals surface area contributed by atoms with Crippen LogP contribution in [-0.4, -0.2) is 26.3 Å². The molecule has 2 aromatic heterocycles. The number of anilines is 1. The van der Waals surface area contributed by atoms with E-state index in [1.54, 1.807) is 17.1 Å². The van der Waals surface area contributed by atoms with Crippen LogP contribution in [-0.2, 0) is 0 Å². The molecule has 0 aliphatic carbocycles. The van der Waals surface area contributed by atoms with Crippen molar-refractivity contribution in [2.24, 2.45) is 0 Å². The minimum absolute atomic E-state index is 0.772. The van der Waals surface area contributed by atoms with Gasteiger partial charge in [-0.2, -0.15) is 5.10 Å². The van der Waals surface area contributed by atoms with Gasteiger partial charge in [0.25, 0.3) is 0 Å². The predicted molar refractivity (Wildman–Crippen MR) is 75.4 cm³/mol. The molecule has 0 bridgehead atoms. The molecule has 3 aromatic rings. The number of para-hydroxylation sites is 1. The highest BCUT2D eigenvalue weighted by atomic mass is 15.3. The lowest BCUT2D eigenvalue weighted by atomic mass is 10.3. The Morgan fingerprint density at radius 2 is 2.00 bits per heavy atom. The number of benzene rings is 1. The van der Waals surface area contributed by atoms with Crippen LogP contribution in [0.5, 0.6) is 0 Å². The van der Waals surface area contributed by atoms with E-state index in [1.807, 2.05) is 30.3 Å². The molecular weight excluding hydrogens is 238 g/mol. The zero-order valence-corrected chi connectivity index (χ0v) is 10.7. The first-order valence-electron chi connectivity index (χ1n) is 6.38. The molecule has 0 spiro atoms. The van der Waals surface area contributed by atoms with Crippen molar-refractivity contribution < 1.29 is 0 Å². The monoisotopic (exact) mass is 253 g/mol. The molecule has 0 fully saturated rings. The molecule has 0 aliphatic rings. The largest absolute Gasteiger partial charge is 0.369 e. The number of rotatable bonds is 4. The first-order valence-corrected chi connectivity index (χ1v) is 6.38. The molecule has 0 radical (unpaired) electrons. The van der Waals surface area contributed by atoms with Gasteiger partial charge in [-0.25, -0.2) is 14.6 Å². The second-order valence-corrected chi connectivity index (χ2v) is 4.28. The van der Waals surface area contributed by atoms with Crippen LogP contribution in [0.15, 0.2) is 42.7 Å². The quantitative estimate of drug-likeness (QED) is 0.776. The molecule has 0 saturated heterocycles. The van der Waals surface area contributed by atoms with Crippen LogP contribution in [0.1, 0.15) is 13.3 Å². The van der Waals surface area contributed by atoms with E-state index >= 15 is 0 Å². The van der Waals surface area contributed by atoms with Crippen LogP contribution in [0, 0.1) is 0 Å². The second kappa shape index (κ2) is 5.06. The fourth-order valence-electron chi connectivity index (χ4n) is 1.91. The molecule has 2 heterocycles. The van der Waals surface area contributed by atoms with Crippen molar-refractivity contribution in [3.63, 3.8) is 0 Å². The minimum Gasteiger partial charge on any atom is -0.369 e. The Kier molecular flexibility index (Phi) is 3.10. The van der Waals surface area contributed by atoms with Gasteiger partial charge in [0.15, 0.2) is 5.65 Å². The molecule has 0 aliphatic heterocycles. The third kappa shape index (κ3) is 2.27. The van der Waals surface area contributed by atoms with E-state index in [-0.39, 0.29) is 0 Å². The van der Waals surface area contributed by atoms with Crippen LogP contribution in [0.2, 0.25) is 0 Å². The van der Waals surface area contributed by atoms with Gasteiger partial charge in [0.1, 0.15) is 11.3 Å². The van der Waals surface area contributed by atoms with E-state index in [0.29, 0.717) is 0 Å². The van der Waals surface area contributed by atoms with Crippen molar-refractivity contribution in [1.29, 1.82) is 0 Å². The van der Waals surface area contributed by atoms with Crippen molar-refractivity contribution in [1.82, 2.24) is 19.7 Å². The lowest BCUT2D eigenvalue weighted by molar-refractivity contribution is 0.896. The number of hydrogen-bond donors (Lipinski definition) is 1. The summed E-state index contributed by atoms with van der Waals surface area (Å²) < 4.78 is 1.80. The lowest BCUT2D eigenvalue weighted by Crippen LogP contribution is -2.03. The van der Waals surface area contributed by atoms with Gasteiger partial charge in [-0.3, -0.25) is 0 Å².